The SMILES string of the molecule is Cc1cccc(C[C@H](N)C(=O)S)c1.Cl. The van der Waals surface area contributed by atoms with Crippen molar-refractivity contribution in [2.75, 3.05) is 0 Å². The third kappa shape index (κ3) is 4.13. The van der Waals surface area contributed by atoms with Crippen LogP contribution in [0.4, 0.5) is 0 Å². The average molecular weight is 232 g/mol. The van der Waals surface area contributed by atoms with Crippen molar-refractivity contribution in [1.29, 1.82) is 0 Å². The number of carbonyl (C=O) groups is 1. The molecule has 4 heteroatoms. The first-order valence-electron chi connectivity index (χ1n) is 4.13. The van der Waals surface area contributed by atoms with Gasteiger partial charge in [0.05, 0.1) is 6.04 Å². The molecular weight excluding hydrogens is 218 g/mol. The minimum Gasteiger partial charge on any atom is -0.320 e. The molecule has 0 saturated heterocycles. The van der Waals surface area contributed by atoms with Crippen LogP contribution in [0.1, 0.15) is 11.1 Å². The summed E-state index contributed by atoms with van der Waals surface area (Å²) in [7, 11) is 0. The monoisotopic (exact) mass is 231 g/mol. The predicted molar refractivity (Wildman–Crippen MR) is 64.1 cm³/mol. The average Bonchev–Trinajstić information content (AvgIpc) is 2.04. The van der Waals surface area contributed by atoms with Crippen molar-refractivity contribution in [3.05, 3.63) is 35.4 Å². The van der Waals surface area contributed by atoms with Crippen LogP contribution in [0, 0.1) is 6.92 Å². The lowest BCUT2D eigenvalue weighted by molar-refractivity contribution is -0.111. The molecule has 1 aromatic carbocycles. The van der Waals surface area contributed by atoms with Gasteiger partial charge < -0.3 is 5.73 Å². The summed E-state index contributed by atoms with van der Waals surface area (Å²) in [5, 5.41) is -0.262. The third-order valence-electron chi connectivity index (χ3n) is 1.86. The van der Waals surface area contributed by atoms with Crippen molar-refractivity contribution in [3.8, 4) is 0 Å². The zero-order valence-electron chi connectivity index (χ0n) is 7.93. The molecule has 0 unspecified atom stereocenters. The van der Waals surface area contributed by atoms with E-state index in [-0.39, 0.29) is 17.5 Å². The van der Waals surface area contributed by atoms with Crippen molar-refractivity contribution in [2.45, 2.75) is 19.4 Å². The highest BCUT2D eigenvalue weighted by Gasteiger charge is 2.09. The summed E-state index contributed by atoms with van der Waals surface area (Å²) in [5.74, 6) is 0. The first-order valence-corrected chi connectivity index (χ1v) is 4.58. The molecule has 2 N–H and O–H groups in total. The van der Waals surface area contributed by atoms with Gasteiger partial charge in [0.15, 0.2) is 0 Å². The second-order valence-electron chi connectivity index (χ2n) is 3.14. The maximum Gasteiger partial charge on any atom is 0.202 e. The number of aryl methyl sites for hydroxylation is 1. The Morgan fingerprint density at radius 3 is 2.71 bits per heavy atom. The molecule has 1 rings (SSSR count). The Balaban J connectivity index is 0.00000169. The second-order valence-corrected chi connectivity index (χ2v) is 3.58. The molecule has 0 saturated carbocycles. The lowest BCUT2D eigenvalue weighted by Gasteiger charge is -2.07. The fourth-order valence-electron chi connectivity index (χ4n) is 1.18. The molecule has 0 amide bonds. The van der Waals surface area contributed by atoms with Crippen LogP contribution < -0.4 is 5.73 Å². The van der Waals surface area contributed by atoms with E-state index in [0.29, 0.717) is 6.42 Å². The number of hydrogen-bond acceptors (Lipinski definition) is 2. The molecule has 0 aromatic heterocycles. The van der Waals surface area contributed by atoms with E-state index in [2.05, 4.69) is 12.6 Å². The van der Waals surface area contributed by atoms with Crippen LogP contribution >= 0.6 is 25.0 Å². The topological polar surface area (TPSA) is 43.1 Å². The van der Waals surface area contributed by atoms with Crippen molar-refractivity contribution in [1.82, 2.24) is 0 Å². The van der Waals surface area contributed by atoms with E-state index in [9.17, 15) is 4.79 Å². The summed E-state index contributed by atoms with van der Waals surface area (Å²) in [5.41, 5.74) is 7.83. The summed E-state index contributed by atoms with van der Waals surface area (Å²) in [6.07, 6.45) is 0.560. The Morgan fingerprint density at radius 2 is 2.21 bits per heavy atom. The zero-order chi connectivity index (χ0) is 9.84. The van der Waals surface area contributed by atoms with Gasteiger partial charge in [-0.2, -0.15) is 0 Å². The highest BCUT2D eigenvalue weighted by Crippen LogP contribution is 2.06. The van der Waals surface area contributed by atoms with Crippen molar-refractivity contribution in [2.24, 2.45) is 5.73 Å². The van der Waals surface area contributed by atoms with E-state index >= 15 is 0 Å². The van der Waals surface area contributed by atoms with Gasteiger partial charge in [0.1, 0.15) is 0 Å². The second kappa shape index (κ2) is 6.06. The standard InChI is InChI=1S/C10H13NOS.ClH/c1-7-3-2-4-8(5-7)6-9(11)10(12)13;/h2-5,9H,6,11H2,1H3,(H,12,13);1H/t9-;/m0./s1. The van der Waals surface area contributed by atoms with Gasteiger partial charge in [-0.1, -0.05) is 29.8 Å². The maximum atomic E-state index is 10.8. The van der Waals surface area contributed by atoms with Gasteiger partial charge in [-0.3, -0.25) is 4.79 Å². The lowest BCUT2D eigenvalue weighted by atomic mass is 10.1. The molecule has 0 spiro atoms. The molecule has 0 heterocycles. The number of rotatable bonds is 3. The van der Waals surface area contributed by atoms with Crippen LogP contribution in [0.3, 0.4) is 0 Å². The van der Waals surface area contributed by atoms with Crippen LogP contribution in [-0.2, 0) is 11.2 Å². The molecule has 0 radical (unpaired) electrons. The Bertz CT molecular complexity index is 317. The van der Waals surface area contributed by atoms with Crippen LogP contribution in [-0.4, -0.2) is 11.2 Å². The Kier molecular flexibility index (Phi) is 5.84. The molecule has 0 aliphatic carbocycles. The number of thiol groups is 1. The quantitative estimate of drug-likeness (QED) is 0.779. The van der Waals surface area contributed by atoms with Gasteiger partial charge in [0, 0.05) is 0 Å². The summed E-state index contributed by atoms with van der Waals surface area (Å²) in [6, 6.07) is 7.46. The van der Waals surface area contributed by atoms with Crippen molar-refractivity contribution >= 4 is 30.2 Å². The van der Waals surface area contributed by atoms with E-state index in [0.717, 1.165) is 5.56 Å². The molecular formula is C10H14ClNOS. The normalized spacial score (nSPS) is 11.6. The van der Waals surface area contributed by atoms with Gasteiger partial charge in [-0.15, -0.1) is 25.0 Å². The van der Waals surface area contributed by atoms with Crippen LogP contribution in [0.25, 0.3) is 0 Å². The van der Waals surface area contributed by atoms with Crippen LogP contribution in [0.15, 0.2) is 24.3 Å². The minimum absolute atomic E-state index is 0. The number of benzene rings is 1. The highest BCUT2D eigenvalue weighted by molar-refractivity contribution is 7.96. The predicted octanol–water partition coefficient (Wildman–Crippen LogP) is 1.74. The smallest absolute Gasteiger partial charge is 0.202 e. The van der Waals surface area contributed by atoms with E-state index in [1.165, 1.54) is 5.56 Å². The van der Waals surface area contributed by atoms with E-state index in [1.807, 2.05) is 31.2 Å². The largest absolute Gasteiger partial charge is 0.320 e. The first kappa shape index (κ1) is 13.5. The van der Waals surface area contributed by atoms with Crippen molar-refractivity contribution in [3.63, 3.8) is 0 Å². The molecule has 0 bridgehead atoms. The Labute approximate surface area is 95.7 Å². The molecule has 2 nitrogen and oxygen atoms in total. The fraction of sp³-hybridized carbons (Fsp3) is 0.300. The van der Waals surface area contributed by atoms with Crippen molar-refractivity contribution < 1.29 is 4.79 Å². The Hall–Kier alpha value is -0.510. The summed E-state index contributed by atoms with van der Waals surface area (Å²) < 4.78 is 0. The minimum atomic E-state index is -0.495. The van der Waals surface area contributed by atoms with Gasteiger partial charge >= 0.3 is 0 Å². The molecule has 0 aliphatic heterocycles. The number of carbonyl (C=O) groups excluding carboxylic acids is 1. The molecule has 78 valence electrons. The molecule has 1 atom stereocenters. The van der Waals surface area contributed by atoms with Gasteiger partial charge in [-0.05, 0) is 18.9 Å². The maximum absolute atomic E-state index is 10.8. The van der Waals surface area contributed by atoms with Gasteiger partial charge in [0.25, 0.3) is 0 Å². The molecule has 1 aromatic rings. The zero-order valence-corrected chi connectivity index (χ0v) is 9.65. The summed E-state index contributed by atoms with van der Waals surface area (Å²) in [6.45, 7) is 2.01. The van der Waals surface area contributed by atoms with Crippen LogP contribution in [0.2, 0.25) is 0 Å². The van der Waals surface area contributed by atoms with Crippen LogP contribution in [0.5, 0.6) is 0 Å². The lowest BCUT2D eigenvalue weighted by Crippen LogP contribution is -2.29. The third-order valence-corrected chi connectivity index (χ3v) is 2.19. The molecule has 0 fully saturated rings. The highest BCUT2D eigenvalue weighted by atomic mass is 35.5. The summed E-state index contributed by atoms with van der Waals surface area (Å²) >= 11 is 3.69. The Morgan fingerprint density at radius 1 is 1.57 bits per heavy atom. The fourth-order valence-corrected chi connectivity index (χ4v) is 1.27. The van der Waals surface area contributed by atoms with Gasteiger partial charge in [0.2, 0.25) is 5.12 Å². The van der Waals surface area contributed by atoms with Gasteiger partial charge in [-0.25, -0.2) is 0 Å². The number of halogens is 1. The number of nitrogens with two attached hydrogens (primary N) is 1. The number of hydrogen-bond donors (Lipinski definition) is 2. The van der Waals surface area contributed by atoms with E-state index in [4.69, 9.17) is 5.73 Å². The first-order chi connectivity index (χ1) is 6.09. The van der Waals surface area contributed by atoms with E-state index in [1.54, 1.807) is 0 Å². The molecule has 14 heavy (non-hydrogen) atoms. The summed E-state index contributed by atoms with van der Waals surface area (Å²) in [4.78, 5) is 10.8. The van der Waals surface area contributed by atoms with E-state index < -0.39 is 6.04 Å². The molecule has 0 aliphatic rings.